The second-order valence-corrected chi connectivity index (χ2v) is 11.6. The lowest BCUT2D eigenvalue weighted by Crippen LogP contribution is -2.36. The maximum absolute atomic E-state index is 15.8. The maximum Gasteiger partial charge on any atom is 0.323 e. The van der Waals surface area contributed by atoms with Crippen LogP contribution in [0.15, 0.2) is 59.6 Å². The summed E-state index contributed by atoms with van der Waals surface area (Å²) in [5.74, 6) is -0.586. The number of carbonyl (C=O) groups excluding carboxylic acids is 1. The highest BCUT2D eigenvalue weighted by Crippen LogP contribution is 2.42. The number of halogens is 1. The minimum Gasteiger partial charge on any atom is -0.378 e. The monoisotopic (exact) mass is 569 g/mol. The van der Waals surface area contributed by atoms with Crippen molar-refractivity contribution in [2.24, 2.45) is 0 Å². The summed E-state index contributed by atoms with van der Waals surface area (Å²) in [4.78, 5) is 28.3. The van der Waals surface area contributed by atoms with E-state index >= 15 is 4.39 Å². The fraction of sp³-hybridized carbons (Fsp3) is 0.200. The van der Waals surface area contributed by atoms with Gasteiger partial charge in [0, 0.05) is 36.8 Å². The van der Waals surface area contributed by atoms with Crippen LogP contribution in [0.2, 0.25) is 0 Å². The normalized spacial score (nSPS) is 13.7. The van der Waals surface area contributed by atoms with Crippen LogP contribution in [0.4, 0.5) is 31.6 Å². The number of sulfone groups is 1. The number of morpholine rings is 1. The van der Waals surface area contributed by atoms with E-state index in [1.807, 2.05) is 0 Å². The van der Waals surface area contributed by atoms with Crippen molar-refractivity contribution in [2.45, 2.75) is 4.90 Å². The van der Waals surface area contributed by atoms with Gasteiger partial charge in [-0.15, -0.1) is 0 Å². The fourth-order valence-corrected chi connectivity index (χ4v) is 5.71. The van der Waals surface area contributed by atoms with Crippen LogP contribution in [0.3, 0.4) is 0 Å². The maximum atomic E-state index is 15.8. The van der Waals surface area contributed by atoms with Crippen molar-refractivity contribution in [3.8, 4) is 21.8 Å². The number of amides is 2. The van der Waals surface area contributed by atoms with Gasteiger partial charge < -0.3 is 26.0 Å². The van der Waals surface area contributed by atoms with Gasteiger partial charge in [-0.25, -0.2) is 32.6 Å². The molecule has 5 rings (SSSR count). The van der Waals surface area contributed by atoms with E-state index in [9.17, 15) is 13.2 Å². The van der Waals surface area contributed by atoms with Crippen LogP contribution in [0.25, 0.3) is 21.8 Å². The first-order chi connectivity index (χ1) is 18.7. The number of nitrogens with one attached hydrogen (secondary N) is 2. The number of aromatic nitrogens is 3. The van der Waals surface area contributed by atoms with E-state index in [1.165, 1.54) is 47.9 Å². The second-order valence-electron chi connectivity index (χ2n) is 8.62. The predicted molar refractivity (Wildman–Crippen MR) is 148 cm³/mol. The number of thiazole rings is 1. The molecule has 202 valence electrons. The average Bonchev–Trinajstić information content (AvgIpc) is 3.36. The molecule has 2 aromatic carbocycles. The second kappa shape index (κ2) is 10.9. The molecular weight excluding hydrogens is 545 g/mol. The third-order valence-electron chi connectivity index (χ3n) is 5.85. The van der Waals surface area contributed by atoms with Crippen molar-refractivity contribution in [1.29, 1.82) is 0 Å². The highest BCUT2D eigenvalue weighted by Gasteiger charge is 2.24. The topological polar surface area (TPSA) is 152 Å². The number of hydrogen-bond acceptors (Lipinski definition) is 10. The molecule has 2 amide bonds. The summed E-state index contributed by atoms with van der Waals surface area (Å²) < 4.78 is 44.6. The standard InChI is InChI=1S/C25H24FN7O4S2/c1-39(35,36)16-7-5-15(6-8-16)29-24(34)31-18-4-2-3-17(20(18)26)22-21(19-9-10-28-23(27)30-19)32-25(38-22)33-11-13-37-14-12-33/h2-10H,11-14H2,1H3,(H2,27,28,30)(H2,29,31,34). The fourth-order valence-electron chi connectivity index (χ4n) is 3.93. The molecule has 4 N–H and O–H groups in total. The van der Waals surface area contributed by atoms with Gasteiger partial charge in [-0.1, -0.05) is 23.5 Å². The van der Waals surface area contributed by atoms with Gasteiger partial charge in [0.25, 0.3) is 0 Å². The van der Waals surface area contributed by atoms with Crippen molar-refractivity contribution < 1.29 is 22.3 Å². The number of benzene rings is 2. The van der Waals surface area contributed by atoms with Crippen molar-refractivity contribution in [3.05, 3.63) is 60.5 Å². The third-order valence-corrected chi connectivity index (χ3v) is 8.12. The van der Waals surface area contributed by atoms with Crippen LogP contribution in [0, 0.1) is 5.82 Å². The zero-order valence-electron chi connectivity index (χ0n) is 20.7. The van der Waals surface area contributed by atoms with Crippen molar-refractivity contribution in [2.75, 3.05) is 53.8 Å². The summed E-state index contributed by atoms with van der Waals surface area (Å²) in [6.45, 7) is 2.41. The third kappa shape index (κ3) is 5.97. The van der Waals surface area contributed by atoms with Gasteiger partial charge >= 0.3 is 6.03 Å². The van der Waals surface area contributed by atoms with Crippen LogP contribution in [0.5, 0.6) is 0 Å². The van der Waals surface area contributed by atoms with Crippen LogP contribution < -0.4 is 21.3 Å². The van der Waals surface area contributed by atoms with Gasteiger partial charge in [0.15, 0.2) is 20.8 Å². The molecule has 0 unspecified atom stereocenters. The Morgan fingerprint density at radius 3 is 2.51 bits per heavy atom. The Morgan fingerprint density at radius 2 is 1.82 bits per heavy atom. The Kier molecular flexibility index (Phi) is 7.41. The average molecular weight is 570 g/mol. The molecule has 2 aromatic heterocycles. The largest absolute Gasteiger partial charge is 0.378 e. The Hall–Kier alpha value is -4.14. The zero-order valence-corrected chi connectivity index (χ0v) is 22.4. The van der Waals surface area contributed by atoms with Gasteiger partial charge in [0.1, 0.15) is 5.69 Å². The summed E-state index contributed by atoms with van der Waals surface area (Å²) in [6.07, 6.45) is 2.60. The van der Waals surface area contributed by atoms with Crippen molar-refractivity contribution in [3.63, 3.8) is 0 Å². The number of nitrogen functional groups attached to an aromatic ring is 1. The Bertz CT molecular complexity index is 1620. The van der Waals surface area contributed by atoms with Gasteiger partial charge in [0.2, 0.25) is 5.95 Å². The molecule has 1 saturated heterocycles. The van der Waals surface area contributed by atoms with Gasteiger partial charge in [-0.05, 0) is 36.4 Å². The molecule has 11 nitrogen and oxygen atoms in total. The van der Waals surface area contributed by atoms with E-state index in [0.717, 1.165) is 6.26 Å². The van der Waals surface area contributed by atoms with Gasteiger partial charge in [-0.2, -0.15) is 0 Å². The molecule has 0 bridgehead atoms. The molecule has 0 aliphatic carbocycles. The lowest BCUT2D eigenvalue weighted by molar-refractivity contribution is 0.122. The first-order valence-corrected chi connectivity index (χ1v) is 14.5. The SMILES string of the molecule is CS(=O)(=O)c1ccc(NC(=O)Nc2cccc(-c3sc(N4CCOCC4)nc3-c3ccnc(N)n3)c2F)cc1. The number of nitrogens with zero attached hydrogens (tertiary/aromatic N) is 4. The highest BCUT2D eigenvalue weighted by molar-refractivity contribution is 7.90. The van der Waals surface area contributed by atoms with E-state index in [2.05, 4.69) is 25.5 Å². The summed E-state index contributed by atoms with van der Waals surface area (Å²) in [5.41, 5.74) is 7.22. The molecule has 14 heteroatoms. The van der Waals surface area contributed by atoms with Gasteiger partial charge in [-0.3, -0.25) is 0 Å². The van der Waals surface area contributed by atoms with Crippen molar-refractivity contribution in [1.82, 2.24) is 15.0 Å². The van der Waals surface area contributed by atoms with Crippen molar-refractivity contribution >= 4 is 49.7 Å². The van der Waals surface area contributed by atoms with E-state index in [4.69, 9.17) is 15.5 Å². The quantitative estimate of drug-likeness (QED) is 0.314. The zero-order chi connectivity index (χ0) is 27.6. The number of anilines is 4. The number of urea groups is 1. The Labute approximate surface area is 227 Å². The van der Waals surface area contributed by atoms with Crippen LogP contribution in [-0.4, -0.2) is 62.0 Å². The molecule has 4 aromatic rings. The van der Waals surface area contributed by atoms with Crippen LogP contribution in [0.1, 0.15) is 0 Å². The summed E-state index contributed by atoms with van der Waals surface area (Å²) >= 11 is 1.31. The molecule has 39 heavy (non-hydrogen) atoms. The Morgan fingerprint density at radius 1 is 1.08 bits per heavy atom. The number of rotatable bonds is 6. The minimum absolute atomic E-state index is 0.0489. The van der Waals surface area contributed by atoms with E-state index in [-0.39, 0.29) is 22.1 Å². The molecule has 0 atom stereocenters. The summed E-state index contributed by atoms with van der Waals surface area (Å²) in [7, 11) is -3.37. The van der Waals surface area contributed by atoms with Crippen LogP contribution in [-0.2, 0) is 14.6 Å². The predicted octanol–water partition coefficient (Wildman–Crippen LogP) is 3.87. The molecule has 0 saturated carbocycles. The van der Waals surface area contributed by atoms with E-state index < -0.39 is 21.7 Å². The van der Waals surface area contributed by atoms with Gasteiger partial charge in [0.05, 0.1) is 34.4 Å². The number of carbonyl (C=O) groups is 1. The highest BCUT2D eigenvalue weighted by atomic mass is 32.2. The number of hydrogen-bond donors (Lipinski definition) is 3. The lowest BCUT2D eigenvalue weighted by atomic mass is 10.1. The Balaban J connectivity index is 1.44. The molecule has 1 aliphatic heterocycles. The minimum atomic E-state index is -3.37. The first kappa shape index (κ1) is 26.5. The van der Waals surface area contributed by atoms with E-state index in [1.54, 1.807) is 18.2 Å². The molecule has 0 spiro atoms. The first-order valence-electron chi connectivity index (χ1n) is 11.8. The molecule has 1 aliphatic rings. The summed E-state index contributed by atoms with van der Waals surface area (Å²) in [5, 5.41) is 5.78. The number of nitrogens with two attached hydrogens (primary N) is 1. The lowest BCUT2D eigenvalue weighted by Gasteiger charge is -2.26. The summed E-state index contributed by atoms with van der Waals surface area (Å²) in [6, 6.07) is 11.3. The molecule has 0 radical (unpaired) electrons. The molecule has 3 heterocycles. The molecular formula is C25H24FN7O4S2. The smallest absolute Gasteiger partial charge is 0.323 e. The van der Waals surface area contributed by atoms with E-state index in [0.29, 0.717) is 53.4 Å². The molecule has 1 fully saturated rings. The number of ether oxygens (including phenoxy) is 1. The van der Waals surface area contributed by atoms with Crippen LogP contribution >= 0.6 is 11.3 Å².